The molecule has 10 nitrogen and oxygen atoms in total. The molecular weight excluding hydrogens is 470 g/mol. The van der Waals surface area contributed by atoms with Gasteiger partial charge in [0.15, 0.2) is 19.7 Å². The van der Waals surface area contributed by atoms with Gasteiger partial charge in [-0.1, -0.05) is 19.1 Å². The fourth-order valence-corrected chi connectivity index (χ4v) is 6.63. The number of carbonyl (C=O) groups excluding carboxylic acids is 3. The monoisotopic (exact) mass is 499 g/mol. The SMILES string of the molecule is CC[C@H](C)N(C(=O)CN1C(=O)N[C@@](C)(c2ccc(S(C)(=O)=O)cc2)C1=O)[C@@H]1CCS(=O)(=O)C1. The Hall–Kier alpha value is -2.47. The molecule has 0 radical (unpaired) electrons. The Bertz CT molecular complexity index is 1180. The van der Waals surface area contributed by atoms with E-state index in [1.807, 2.05) is 13.8 Å². The first-order valence-corrected chi connectivity index (χ1v) is 14.4. The number of hydrogen-bond donors (Lipinski definition) is 1. The summed E-state index contributed by atoms with van der Waals surface area (Å²) >= 11 is 0. The van der Waals surface area contributed by atoms with Crippen LogP contribution in [-0.4, -0.2) is 80.9 Å². The van der Waals surface area contributed by atoms with Crippen LogP contribution < -0.4 is 5.32 Å². The van der Waals surface area contributed by atoms with Crippen LogP contribution in [0.1, 0.15) is 39.2 Å². The van der Waals surface area contributed by atoms with Gasteiger partial charge in [-0.15, -0.1) is 0 Å². The van der Waals surface area contributed by atoms with Crippen molar-refractivity contribution in [3.05, 3.63) is 29.8 Å². The van der Waals surface area contributed by atoms with Crippen molar-refractivity contribution < 1.29 is 31.2 Å². The van der Waals surface area contributed by atoms with Crippen LogP contribution in [0, 0.1) is 0 Å². The van der Waals surface area contributed by atoms with E-state index in [9.17, 15) is 31.2 Å². The Kier molecular flexibility index (Phi) is 6.64. The quantitative estimate of drug-likeness (QED) is 0.544. The third-order valence-electron chi connectivity index (χ3n) is 6.38. The molecule has 0 spiro atoms. The zero-order valence-electron chi connectivity index (χ0n) is 19.1. The van der Waals surface area contributed by atoms with Crippen molar-refractivity contribution in [1.82, 2.24) is 15.1 Å². The summed E-state index contributed by atoms with van der Waals surface area (Å²) in [6, 6.07) is 4.12. The second kappa shape index (κ2) is 8.71. The molecule has 0 aliphatic carbocycles. The minimum atomic E-state index is -3.43. The molecule has 1 aromatic carbocycles. The highest BCUT2D eigenvalue weighted by molar-refractivity contribution is 7.91. The van der Waals surface area contributed by atoms with Crippen LogP contribution in [0.2, 0.25) is 0 Å². The third kappa shape index (κ3) is 4.91. The van der Waals surface area contributed by atoms with Crippen molar-refractivity contribution >= 4 is 37.5 Å². The molecule has 3 atom stereocenters. The van der Waals surface area contributed by atoms with Gasteiger partial charge < -0.3 is 10.2 Å². The van der Waals surface area contributed by atoms with Crippen molar-refractivity contribution in [3.8, 4) is 0 Å². The molecule has 1 N–H and O–H groups in total. The molecule has 0 aromatic heterocycles. The number of nitrogens with one attached hydrogen (secondary N) is 1. The van der Waals surface area contributed by atoms with Crippen LogP contribution in [-0.2, 0) is 34.8 Å². The number of nitrogens with zero attached hydrogens (tertiary/aromatic N) is 2. The van der Waals surface area contributed by atoms with Crippen LogP contribution in [0.3, 0.4) is 0 Å². The summed E-state index contributed by atoms with van der Waals surface area (Å²) in [5.41, 5.74) is -1.09. The molecule has 3 rings (SSSR count). The Balaban J connectivity index is 1.83. The number of hydrogen-bond acceptors (Lipinski definition) is 7. The van der Waals surface area contributed by atoms with Gasteiger partial charge in [0, 0.05) is 18.3 Å². The summed E-state index contributed by atoms with van der Waals surface area (Å²) < 4.78 is 47.3. The fourth-order valence-electron chi connectivity index (χ4n) is 4.29. The van der Waals surface area contributed by atoms with E-state index in [0.29, 0.717) is 18.4 Å². The minimum absolute atomic E-state index is 0.00254. The molecule has 182 valence electrons. The van der Waals surface area contributed by atoms with Crippen molar-refractivity contribution in [1.29, 1.82) is 0 Å². The number of benzene rings is 1. The van der Waals surface area contributed by atoms with E-state index in [0.717, 1.165) is 11.2 Å². The predicted molar refractivity (Wildman–Crippen MR) is 121 cm³/mol. The zero-order chi connectivity index (χ0) is 24.8. The molecule has 2 saturated heterocycles. The highest BCUT2D eigenvalue weighted by atomic mass is 32.2. The number of amides is 4. The van der Waals surface area contributed by atoms with Crippen LogP contribution in [0.4, 0.5) is 4.79 Å². The Morgan fingerprint density at radius 3 is 2.36 bits per heavy atom. The number of sulfone groups is 2. The summed E-state index contributed by atoms with van der Waals surface area (Å²) in [7, 11) is -6.66. The maximum atomic E-state index is 13.2. The molecule has 0 unspecified atom stereocenters. The Labute approximate surface area is 194 Å². The van der Waals surface area contributed by atoms with E-state index in [1.54, 1.807) is 0 Å². The topological polar surface area (TPSA) is 138 Å². The second-order valence-electron chi connectivity index (χ2n) is 8.86. The van der Waals surface area contributed by atoms with Gasteiger partial charge in [-0.05, 0) is 44.4 Å². The first kappa shape index (κ1) is 25.2. The zero-order valence-corrected chi connectivity index (χ0v) is 20.7. The second-order valence-corrected chi connectivity index (χ2v) is 13.1. The first-order chi connectivity index (χ1) is 15.2. The average molecular weight is 500 g/mol. The normalized spacial score (nSPS) is 25.7. The smallest absolute Gasteiger partial charge is 0.325 e. The van der Waals surface area contributed by atoms with Gasteiger partial charge in [-0.2, -0.15) is 0 Å². The third-order valence-corrected chi connectivity index (χ3v) is 9.26. The summed E-state index contributed by atoms with van der Waals surface area (Å²) in [5, 5.41) is 2.60. The molecule has 2 heterocycles. The summed E-state index contributed by atoms with van der Waals surface area (Å²) in [6.45, 7) is 4.66. The van der Waals surface area contributed by atoms with Crippen LogP contribution in [0.15, 0.2) is 29.2 Å². The fraction of sp³-hybridized carbons (Fsp3) is 0.571. The van der Waals surface area contributed by atoms with Gasteiger partial charge in [0.1, 0.15) is 12.1 Å². The molecule has 2 fully saturated rings. The van der Waals surface area contributed by atoms with Gasteiger partial charge >= 0.3 is 6.03 Å². The Morgan fingerprint density at radius 1 is 1.27 bits per heavy atom. The highest BCUT2D eigenvalue weighted by Gasteiger charge is 2.50. The number of urea groups is 1. The van der Waals surface area contributed by atoms with E-state index < -0.39 is 55.6 Å². The molecule has 2 aliphatic rings. The molecular formula is C21H29N3O7S2. The van der Waals surface area contributed by atoms with Crippen LogP contribution in [0.5, 0.6) is 0 Å². The van der Waals surface area contributed by atoms with Crippen LogP contribution in [0.25, 0.3) is 0 Å². The minimum Gasteiger partial charge on any atom is -0.334 e. The van der Waals surface area contributed by atoms with Gasteiger partial charge in [0.05, 0.1) is 16.4 Å². The van der Waals surface area contributed by atoms with Crippen molar-refractivity contribution in [3.63, 3.8) is 0 Å². The van der Waals surface area contributed by atoms with Crippen molar-refractivity contribution in [2.45, 2.75) is 56.1 Å². The summed E-state index contributed by atoms with van der Waals surface area (Å²) in [6.07, 6.45) is 1.98. The van der Waals surface area contributed by atoms with E-state index in [-0.39, 0.29) is 22.4 Å². The van der Waals surface area contributed by atoms with Gasteiger partial charge in [0.25, 0.3) is 5.91 Å². The largest absolute Gasteiger partial charge is 0.334 e. The van der Waals surface area contributed by atoms with Gasteiger partial charge in [-0.25, -0.2) is 21.6 Å². The number of carbonyl (C=O) groups is 3. The highest BCUT2D eigenvalue weighted by Crippen LogP contribution is 2.30. The maximum Gasteiger partial charge on any atom is 0.325 e. The van der Waals surface area contributed by atoms with E-state index >= 15 is 0 Å². The lowest BCUT2D eigenvalue weighted by atomic mass is 9.92. The van der Waals surface area contributed by atoms with Crippen molar-refractivity contribution in [2.75, 3.05) is 24.3 Å². The maximum absolute atomic E-state index is 13.2. The van der Waals surface area contributed by atoms with E-state index in [1.165, 1.54) is 36.1 Å². The Morgan fingerprint density at radius 2 is 1.88 bits per heavy atom. The molecule has 33 heavy (non-hydrogen) atoms. The van der Waals surface area contributed by atoms with Gasteiger partial charge in [0.2, 0.25) is 5.91 Å². The molecule has 0 bridgehead atoms. The van der Waals surface area contributed by atoms with E-state index in [2.05, 4.69) is 5.32 Å². The van der Waals surface area contributed by atoms with Gasteiger partial charge in [-0.3, -0.25) is 14.5 Å². The van der Waals surface area contributed by atoms with Crippen molar-refractivity contribution in [2.24, 2.45) is 0 Å². The van der Waals surface area contributed by atoms with Crippen LogP contribution >= 0.6 is 0 Å². The molecule has 12 heteroatoms. The molecule has 1 aromatic rings. The first-order valence-electron chi connectivity index (χ1n) is 10.7. The summed E-state index contributed by atoms with van der Waals surface area (Å²) in [5.74, 6) is -1.27. The standard InChI is InChI=1S/C21H29N3O7S2/c1-5-14(2)24(16-10-11-33(30,31)13-16)18(25)12-23-19(26)21(3,22-20(23)27)15-6-8-17(9-7-15)32(4,28)29/h6-9,14,16H,5,10-13H2,1-4H3,(H,22,27)/t14-,16+,21-/m0/s1. The summed E-state index contributed by atoms with van der Waals surface area (Å²) in [4.78, 5) is 41.4. The lowest BCUT2D eigenvalue weighted by Crippen LogP contribution is -2.51. The molecule has 0 saturated carbocycles. The molecule has 2 aliphatic heterocycles. The lowest BCUT2D eigenvalue weighted by molar-refractivity contribution is -0.141. The average Bonchev–Trinajstić information content (AvgIpc) is 3.19. The molecule has 4 amide bonds. The predicted octanol–water partition coefficient (Wildman–Crippen LogP) is 0.671. The van der Waals surface area contributed by atoms with E-state index in [4.69, 9.17) is 0 Å². The number of imide groups is 1. The number of rotatable bonds is 7. The lowest BCUT2D eigenvalue weighted by Gasteiger charge is -2.34.